The van der Waals surface area contributed by atoms with Gasteiger partial charge in [-0.15, -0.1) is 6.42 Å². The lowest BCUT2D eigenvalue weighted by molar-refractivity contribution is -0.128. The average Bonchev–Trinajstić information content (AvgIpc) is 3.26. The van der Waals surface area contributed by atoms with Crippen molar-refractivity contribution in [1.82, 2.24) is 0 Å². The number of ether oxygens (including phenoxy) is 1. The number of carbonyl (C=O) groups excluding carboxylic acids is 2. The maximum Gasteiger partial charge on any atom is 0.272 e. The molecule has 0 unspecified atom stereocenters. The Labute approximate surface area is 133 Å². The van der Waals surface area contributed by atoms with E-state index in [1.54, 1.807) is 0 Å². The fourth-order valence-electron chi connectivity index (χ4n) is 2.56. The average molecular weight is 314 g/mol. The molecule has 1 spiro atoms. The number of Topliss-reactive ketones (excluding diaryl/α,β-unsaturated/α-hetero) is 1. The third kappa shape index (κ3) is 2.70. The van der Waals surface area contributed by atoms with Gasteiger partial charge in [-0.05, 0) is 6.07 Å². The van der Waals surface area contributed by atoms with Crippen LogP contribution < -0.4 is 9.64 Å². The fraction of sp³-hybridized carbons (Fsp3) is 0.353. The molecule has 1 saturated carbocycles. The number of hydrogen-bond acceptors (Lipinski definition) is 4. The number of amides is 1. The monoisotopic (exact) mass is 314 g/mol. The van der Waals surface area contributed by atoms with E-state index < -0.39 is 11.4 Å². The standard InChI is InChI=1S/C17H15FN2O3/c1-3-6-20-14-7-12(10-19-9-11(2)21)13(18)8-15(14)23-17(4-5-17)16(20)22/h1,7-9H,4-6,10H2,2H3. The molecular weight excluding hydrogens is 299 g/mol. The number of aliphatic imine (C=N–C) groups is 1. The molecule has 1 fully saturated rings. The first-order valence-electron chi connectivity index (χ1n) is 7.24. The minimum Gasteiger partial charge on any atom is -0.475 e. The van der Waals surface area contributed by atoms with Crippen LogP contribution in [0.3, 0.4) is 0 Å². The van der Waals surface area contributed by atoms with Gasteiger partial charge in [0, 0.05) is 31.4 Å². The van der Waals surface area contributed by atoms with Crippen LogP contribution in [0.25, 0.3) is 0 Å². The number of anilines is 1. The molecule has 2 aliphatic rings. The van der Waals surface area contributed by atoms with E-state index in [1.807, 2.05) is 0 Å². The van der Waals surface area contributed by atoms with Gasteiger partial charge in [0.1, 0.15) is 11.6 Å². The molecule has 5 nitrogen and oxygen atoms in total. The maximum absolute atomic E-state index is 14.2. The summed E-state index contributed by atoms with van der Waals surface area (Å²) in [4.78, 5) is 28.7. The van der Waals surface area contributed by atoms with Crippen LogP contribution in [-0.4, -0.2) is 30.1 Å². The van der Waals surface area contributed by atoms with Crippen LogP contribution in [0.2, 0.25) is 0 Å². The molecule has 1 aliphatic heterocycles. The summed E-state index contributed by atoms with van der Waals surface area (Å²) in [5.74, 6) is 1.87. The number of carbonyl (C=O) groups is 2. The van der Waals surface area contributed by atoms with Crippen molar-refractivity contribution >= 4 is 23.6 Å². The summed E-state index contributed by atoms with van der Waals surface area (Å²) in [5.41, 5.74) is -0.156. The van der Waals surface area contributed by atoms with E-state index in [1.165, 1.54) is 24.0 Å². The Kier molecular flexibility index (Phi) is 3.64. The number of nitrogens with zero attached hydrogens (tertiary/aromatic N) is 2. The van der Waals surface area contributed by atoms with Gasteiger partial charge in [0.15, 0.2) is 11.4 Å². The lowest BCUT2D eigenvalue weighted by Crippen LogP contribution is -2.48. The number of ketones is 1. The Morgan fingerprint density at radius 3 is 2.91 bits per heavy atom. The summed E-state index contributed by atoms with van der Waals surface area (Å²) in [6.45, 7) is 1.46. The van der Waals surface area contributed by atoms with Crippen LogP contribution in [0.4, 0.5) is 10.1 Å². The second kappa shape index (κ2) is 5.51. The highest BCUT2D eigenvalue weighted by Crippen LogP contribution is 2.49. The highest BCUT2D eigenvalue weighted by molar-refractivity contribution is 6.26. The molecule has 0 aromatic heterocycles. The molecule has 1 aromatic rings. The van der Waals surface area contributed by atoms with Gasteiger partial charge in [-0.3, -0.25) is 19.5 Å². The maximum atomic E-state index is 14.2. The second-order valence-corrected chi connectivity index (χ2v) is 5.68. The van der Waals surface area contributed by atoms with Gasteiger partial charge in [-0.2, -0.15) is 0 Å². The second-order valence-electron chi connectivity index (χ2n) is 5.68. The van der Waals surface area contributed by atoms with E-state index in [9.17, 15) is 14.0 Å². The van der Waals surface area contributed by atoms with Gasteiger partial charge in [-0.25, -0.2) is 4.39 Å². The van der Waals surface area contributed by atoms with Crippen LogP contribution in [0.15, 0.2) is 17.1 Å². The highest BCUT2D eigenvalue weighted by atomic mass is 19.1. The molecule has 0 bridgehead atoms. The molecule has 118 valence electrons. The smallest absolute Gasteiger partial charge is 0.272 e. The molecule has 1 amide bonds. The van der Waals surface area contributed by atoms with Crippen molar-refractivity contribution in [3.8, 4) is 18.1 Å². The van der Waals surface area contributed by atoms with E-state index >= 15 is 0 Å². The van der Waals surface area contributed by atoms with Crippen molar-refractivity contribution in [2.45, 2.75) is 31.9 Å². The number of fused-ring (bicyclic) bond motifs is 1. The summed E-state index contributed by atoms with van der Waals surface area (Å²) in [6, 6.07) is 2.76. The summed E-state index contributed by atoms with van der Waals surface area (Å²) < 4.78 is 19.9. The third-order valence-electron chi connectivity index (χ3n) is 3.85. The topological polar surface area (TPSA) is 59.0 Å². The van der Waals surface area contributed by atoms with E-state index in [-0.39, 0.29) is 30.3 Å². The van der Waals surface area contributed by atoms with Crippen molar-refractivity contribution in [1.29, 1.82) is 0 Å². The third-order valence-corrected chi connectivity index (χ3v) is 3.85. The van der Waals surface area contributed by atoms with E-state index in [0.29, 0.717) is 24.3 Å². The van der Waals surface area contributed by atoms with Crippen LogP contribution in [0.5, 0.6) is 5.75 Å². The predicted molar refractivity (Wildman–Crippen MR) is 83.1 cm³/mol. The SMILES string of the molecule is C#CCN1C(=O)C2(CC2)Oc2cc(F)c(CN=CC(C)=O)cc21. The number of rotatable bonds is 4. The van der Waals surface area contributed by atoms with Gasteiger partial charge in [0.2, 0.25) is 0 Å². The van der Waals surface area contributed by atoms with Crippen LogP contribution in [0.1, 0.15) is 25.3 Å². The van der Waals surface area contributed by atoms with Gasteiger partial charge in [0.25, 0.3) is 5.91 Å². The number of benzene rings is 1. The Hall–Kier alpha value is -2.68. The molecule has 0 atom stereocenters. The summed E-state index contributed by atoms with van der Waals surface area (Å²) >= 11 is 0. The first-order valence-corrected chi connectivity index (χ1v) is 7.24. The molecule has 6 heteroatoms. The van der Waals surface area contributed by atoms with Gasteiger partial charge in [0.05, 0.1) is 25.0 Å². The molecule has 0 saturated heterocycles. The zero-order valence-corrected chi connectivity index (χ0v) is 12.6. The molecule has 1 aliphatic carbocycles. The quantitative estimate of drug-likeness (QED) is 0.630. The van der Waals surface area contributed by atoms with E-state index in [0.717, 1.165) is 6.21 Å². The summed E-state index contributed by atoms with van der Waals surface area (Å²) in [6.07, 6.45) is 7.71. The molecular formula is C17H15FN2O3. The minimum atomic E-state index is -0.870. The first-order chi connectivity index (χ1) is 11.0. The Balaban J connectivity index is 1.98. The molecule has 3 rings (SSSR count). The molecule has 0 radical (unpaired) electrons. The van der Waals surface area contributed by atoms with Gasteiger partial charge >= 0.3 is 0 Å². The van der Waals surface area contributed by atoms with Crippen LogP contribution in [-0.2, 0) is 16.1 Å². The molecule has 0 N–H and O–H groups in total. The minimum absolute atomic E-state index is 0.00190. The fourth-order valence-corrected chi connectivity index (χ4v) is 2.56. The number of hydrogen-bond donors (Lipinski definition) is 0. The van der Waals surface area contributed by atoms with Gasteiger partial charge in [-0.1, -0.05) is 5.92 Å². The Morgan fingerprint density at radius 1 is 1.57 bits per heavy atom. The lowest BCUT2D eigenvalue weighted by Gasteiger charge is -2.34. The molecule has 23 heavy (non-hydrogen) atoms. The van der Waals surface area contributed by atoms with Crippen LogP contribution >= 0.6 is 0 Å². The normalized spacial score (nSPS) is 17.8. The Morgan fingerprint density at radius 2 is 2.30 bits per heavy atom. The van der Waals surface area contributed by atoms with Crippen molar-refractivity contribution in [3.05, 3.63) is 23.5 Å². The zero-order valence-electron chi connectivity index (χ0n) is 12.6. The Bertz CT molecular complexity index is 760. The van der Waals surface area contributed by atoms with Gasteiger partial charge < -0.3 is 4.74 Å². The lowest BCUT2D eigenvalue weighted by atomic mass is 10.1. The van der Waals surface area contributed by atoms with Crippen LogP contribution in [0, 0.1) is 18.2 Å². The molecule has 1 aromatic carbocycles. The number of terminal acetylenes is 1. The first kappa shape index (κ1) is 15.2. The van der Waals surface area contributed by atoms with Crippen molar-refractivity contribution in [2.75, 3.05) is 11.4 Å². The van der Waals surface area contributed by atoms with E-state index in [2.05, 4.69) is 10.9 Å². The van der Waals surface area contributed by atoms with Crippen molar-refractivity contribution in [2.24, 2.45) is 4.99 Å². The largest absolute Gasteiger partial charge is 0.475 e. The summed E-state index contributed by atoms with van der Waals surface area (Å²) in [7, 11) is 0. The molecule has 1 heterocycles. The highest BCUT2D eigenvalue weighted by Gasteiger charge is 2.57. The summed E-state index contributed by atoms with van der Waals surface area (Å²) in [5, 5.41) is 0. The zero-order chi connectivity index (χ0) is 16.6. The van der Waals surface area contributed by atoms with E-state index in [4.69, 9.17) is 11.2 Å². The predicted octanol–water partition coefficient (Wildman–Crippen LogP) is 1.88. The van der Waals surface area contributed by atoms with Crippen molar-refractivity contribution < 1.29 is 18.7 Å². The number of halogens is 1. The van der Waals surface area contributed by atoms with Crippen molar-refractivity contribution in [3.63, 3.8) is 0 Å².